The van der Waals surface area contributed by atoms with Crippen LogP contribution in [0.15, 0.2) is 55.6 Å². The summed E-state index contributed by atoms with van der Waals surface area (Å²) in [6, 6.07) is 7.92. The summed E-state index contributed by atoms with van der Waals surface area (Å²) >= 11 is 0. The summed E-state index contributed by atoms with van der Waals surface area (Å²) in [6.07, 6.45) is 7.65. The van der Waals surface area contributed by atoms with Crippen LogP contribution in [0.4, 0.5) is 5.69 Å². The second kappa shape index (κ2) is 13.3. The van der Waals surface area contributed by atoms with Gasteiger partial charge in [-0.05, 0) is 37.3 Å². The minimum Gasteiger partial charge on any atom is -0.394 e. The number of unbranched alkanes of at least 4 members (excludes halogenated alkanes) is 2. The predicted molar refractivity (Wildman–Crippen MR) is 160 cm³/mol. The number of fused-ring (bicyclic) bond motifs is 1. The van der Waals surface area contributed by atoms with Crippen molar-refractivity contribution in [1.29, 1.82) is 0 Å². The Morgan fingerprint density at radius 3 is 2.46 bits per heavy atom. The molecule has 1 N–H and O–H groups in total. The highest BCUT2D eigenvalue weighted by Gasteiger charge is 2.75. The Hall–Kier alpha value is -2.97. The molecule has 3 fully saturated rings. The predicted octanol–water partition coefficient (Wildman–Crippen LogP) is 4.19. The van der Waals surface area contributed by atoms with Gasteiger partial charge in [0.2, 0.25) is 17.7 Å². The summed E-state index contributed by atoms with van der Waals surface area (Å²) in [7, 11) is 0. The number of carbonyl (C=O) groups is 3. The summed E-state index contributed by atoms with van der Waals surface area (Å²) < 4.78 is 6.69. The van der Waals surface area contributed by atoms with Crippen LogP contribution in [0, 0.1) is 17.8 Å². The van der Waals surface area contributed by atoms with Gasteiger partial charge in [-0.25, -0.2) is 0 Å². The Balaban J connectivity index is 1.78. The average molecular weight is 566 g/mol. The van der Waals surface area contributed by atoms with Gasteiger partial charge in [0.1, 0.15) is 11.6 Å². The first-order chi connectivity index (χ1) is 19.8. The summed E-state index contributed by atoms with van der Waals surface area (Å²) in [5.74, 6) is -2.20. The Kier molecular flexibility index (Phi) is 10.1. The van der Waals surface area contributed by atoms with E-state index < -0.39 is 35.6 Å². The largest absolute Gasteiger partial charge is 0.394 e. The lowest BCUT2D eigenvalue weighted by Crippen LogP contribution is -2.59. The zero-order chi connectivity index (χ0) is 29.7. The molecule has 0 aromatic heterocycles. The number of anilines is 1. The highest BCUT2D eigenvalue weighted by atomic mass is 16.5. The van der Waals surface area contributed by atoms with Crippen molar-refractivity contribution >= 4 is 23.4 Å². The molecular formula is C33H47N3O5. The number of ether oxygens (including phenoxy) is 1. The van der Waals surface area contributed by atoms with Gasteiger partial charge >= 0.3 is 0 Å². The molecule has 4 rings (SSSR count). The van der Waals surface area contributed by atoms with E-state index in [-0.39, 0.29) is 30.2 Å². The Labute approximate surface area is 245 Å². The summed E-state index contributed by atoms with van der Waals surface area (Å²) in [4.78, 5) is 48.4. The van der Waals surface area contributed by atoms with Crippen molar-refractivity contribution < 1.29 is 24.2 Å². The first-order valence-corrected chi connectivity index (χ1v) is 15.3. The third kappa shape index (κ3) is 5.48. The number of benzene rings is 1. The number of para-hydroxylation sites is 1. The molecule has 3 heterocycles. The van der Waals surface area contributed by atoms with Crippen molar-refractivity contribution in [2.24, 2.45) is 17.8 Å². The standard InChI is InChI=1S/C33H47N3O5/c1-6-10-14-21-34(19-7-2)32(40)29-33-18-17-26(41-33)27(28(33)31(39)36(29)25(22-37)23(5)9-4)30(38)35(20-8-3)24-15-12-11-13-16-24/h7-8,11-13,15-16,23,25-29,37H,2-3,6,9-10,14,17-22H2,1,4-5H3/t23-,25-,26+,27-,28-,29?,33?/m0/s1. The van der Waals surface area contributed by atoms with E-state index >= 15 is 0 Å². The number of aliphatic hydroxyl groups excluding tert-OH is 1. The van der Waals surface area contributed by atoms with E-state index in [9.17, 15) is 19.5 Å². The minimum absolute atomic E-state index is 0.0460. The third-order valence-electron chi connectivity index (χ3n) is 9.44. The first kappa shape index (κ1) is 31.0. The molecule has 1 aromatic carbocycles. The lowest BCUT2D eigenvalue weighted by Gasteiger charge is -2.41. The first-order valence-electron chi connectivity index (χ1n) is 15.3. The van der Waals surface area contributed by atoms with Crippen LogP contribution < -0.4 is 4.90 Å². The molecule has 224 valence electrons. The fourth-order valence-electron chi connectivity index (χ4n) is 7.24. The van der Waals surface area contributed by atoms with Crippen LogP contribution in [0.2, 0.25) is 0 Å². The molecule has 1 aromatic rings. The molecule has 0 saturated carbocycles. The van der Waals surface area contributed by atoms with Crippen molar-refractivity contribution in [2.45, 2.75) is 83.1 Å². The molecule has 0 aliphatic carbocycles. The van der Waals surface area contributed by atoms with Crippen LogP contribution in [0.25, 0.3) is 0 Å². The molecule has 8 heteroatoms. The molecule has 3 amide bonds. The van der Waals surface area contributed by atoms with E-state index in [1.165, 1.54) is 0 Å². The van der Waals surface area contributed by atoms with Gasteiger partial charge in [-0.3, -0.25) is 14.4 Å². The van der Waals surface area contributed by atoms with Crippen molar-refractivity contribution in [1.82, 2.24) is 9.80 Å². The van der Waals surface area contributed by atoms with Crippen molar-refractivity contribution in [3.05, 3.63) is 55.6 Å². The molecule has 7 atom stereocenters. The van der Waals surface area contributed by atoms with Gasteiger partial charge in [0.05, 0.1) is 30.6 Å². The summed E-state index contributed by atoms with van der Waals surface area (Å²) in [5.41, 5.74) is -0.383. The number of rotatable bonds is 15. The molecule has 2 bridgehead atoms. The van der Waals surface area contributed by atoms with Crippen molar-refractivity contribution in [3.63, 3.8) is 0 Å². The third-order valence-corrected chi connectivity index (χ3v) is 9.44. The molecule has 41 heavy (non-hydrogen) atoms. The minimum atomic E-state index is -1.11. The monoisotopic (exact) mass is 565 g/mol. The van der Waals surface area contributed by atoms with Gasteiger partial charge in [0, 0.05) is 25.3 Å². The van der Waals surface area contributed by atoms with E-state index in [1.54, 1.807) is 26.9 Å². The molecular weight excluding hydrogens is 518 g/mol. The van der Waals surface area contributed by atoms with Crippen LogP contribution in [0.1, 0.15) is 59.3 Å². The molecule has 3 aliphatic heterocycles. The molecule has 3 saturated heterocycles. The van der Waals surface area contributed by atoms with Gasteiger partial charge < -0.3 is 24.5 Å². The summed E-state index contributed by atoms with van der Waals surface area (Å²) in [6.45, 7) is 14.8. The Morgan fingerprint density at radius 1 is 1.15 bits per heavy atom. The van der Waals surface area contributed by atoms with Crippen LogP contribution >= 0.6 is 0 Å². The lowest BCUT2D eigenvalue weighted by molar-refractivity contribution is -0.152. The fraction of sp³-hybridized carbons (Fsp3) is 0.606. The quantitative estimate of drug-likeness (QED) is 0.254. The second-order valence-electron chi connectivity index (χ2n) is 11.8. The van der Waals surface area contributed by atoms with Crippen LogP contribution in [-0.2, 0) is 19.1 Å². The Bertz CT molecular complexity index is 1110. The van der Waals surface area contributed by atoms with Crippen LogP contribution in [-0.4, -0.2) is 82.7 Å². The van der Waals surface area contributed by atoms with E-state index in [0.717, 1.165) is 31.4 Å². The topological polar surface area (TPSA) is 90.4 Å². The lowest BCUT2D eigenvalue weighted by atomic mass is 9.70. The second-order valence-corrected chi connectivity index (χ2v) is 11.8. The summed E-state index contributed by atoms with van der Waals surface area (Å²) in [5, 5.41) is 10.6. The zero-order valence-corrected chi connectivity index (χ0v) is 24.9. The van der Waals surface area contributed by atoms with E-state index in [1.807, 2.05) is 44.2 Å². The van der Waals surface area contributed by atoms with E-state index in [0.29, 0.717) is 32.5 Å². The smallest absolute Gasteiger partial charge is 0.248 e. The Morgan fingerprint density at radius 2 is 1.85 bits per heavy atom. The highest BCUT2D eigenvalue weighted by molar-refractivity contribution is 6.03. The number of carbonyl (C=O) groups excluding carboxylic acids is 3. The molecule has 1 spiro atoms. The molecule has 2 unspecified atom stereocenters. The fourth-order valence-corrected chi connectivity index (χ4v) is 7.24. The number of hydrogen-bond donors (Lipinski definition) is 1. The highest BCUT2D eigenvalue weighted by Crippen LogP contribution is 2.59. The maximum atomic E-state index is 14.5. The van der Waals surface area contributed by atoms with Gasteiger partial charge in [-0.1, -0.05) is 70.4 Å². The van der Waals surface area contributed by atoms with E-state index in [4.69, 9.17) is 4.74 Å². The van der Waals surface area contributed by atoms with Gasteiger partial charge in [0.15, 0.2) is 0 Å². The van der Waals surface area contributed by atoms with Crippen LogP contribution in [0.3, 0.4) is 0 Å². The van der Waals surface area contributed by atoms with Crippen molar-refractivity contribution in [2.75, 3.05) is 31.1 Å². The van der Waals surface area contributed by atoms with Gasteiger partial charge in [-0.2, -0.15) is 0 Å². The maximum absolute atomic E-state index is 14.5. The number of nitrogens with zero attached hydrogens (tertiary/aromatic N) is 3. The SMILES string of the molecule is C=CCN(CCCCC)C(=O)C1N([C@@H](CO)[C@@H](C)CC)C(=O)[C@@H]2[C@@H](C(=O)N(CC=C)c3ccccc3)[C@H]3CCC12O3. The zero-order valence-electron chi connectivity index (χ0n) is 24.9. The normalized spacial score (nSPS) is 27.8. The number of aliphatic hydroxyl groups is 1. The number of likely N-dealkylation sites (tertiary alicyclic amines) is 1. The average Bonchev–Trinajstić information content (AvgIpc) is 3.63. The molecule has 3 aliphatic rings. The van der Waals surface area contributed by atoms with Crippen molar-refractivity contribution in [3.8, 4) is 0 Å². The number of amides is 3. The molecule has 0 radical (unpaired) electrons. The van der Waals surface area contributed by atoms with Gasteiger partial charge in [0.25, 0.3) is 0 Å². The number of hydrogen-bond acceptors (Lipinski definition) is 5. The molecule has 8 nitrogen and oxygen atoms in total. The maximum Gasteiger partial charge on any atom is 0.248 e. The van der Waals surface area contributed by atoms with Crippen LogP contribution in [0.5, 0.6) is 0 Å². The van der Waals surface area contributed by atoms with E-state index in [2.05, 4.69) is 20.1 Å². The van der Waals surface area contributed by atoms with Gasteiger partial charge in [-0.15, -0.1) is 13.2 Å².